The number of nitro benzene ring substituents is 1. The van der Waals surface area contributed by atoms with Crippen LogP contribution >= 0.6 is 19.4 Å². The molecule has 0 bridgehead atoms. The van der Waals surface area contributed by atoms with Gasteiger partial charge in [-0.2, -0.15) is 0 Å². The first-order valence-corrected chi connectivity index (χ1v) is 10.2. The molecule has 0 aliphatic heterocycles. The molecule has 0 saturated carbocycles. The van der Waals surface area contributed by atoms with Gasteiger partial charge in [0.05, 0.1) is 4.92 Å². The van der Waals surface area contributed by atoms with Crippen molar-refractivity contribution in [2.24, 2.45) is 0 Å². The van der Waals surface area contributed by atoms with Crippen LogP contribution in [0.4, 0.5) is 5.69 Å². The summed E-state index contributed by atoms with van der Waals surface area (Å²) in [6.45, 7) is 6.25. The third-order valence-corrected chi connectivity index (χ3v) is 5.76. The Morgan fingerprint density at radius 3 is 2.15 bits per heavy atom. The summed E-state index contributed by atoms with van der Waals surface area (Å²) in [6.07, 6.45) is 0. The first-order chi connectivity index (χ1) is 11.9. The van der Waals surface area contributed by atoms with E-state index in [1.54, 1.807) is 0 Å². The standard InChI is InChI=1S/C17H20NO6PS/c1-17(2,3)11-4-7-13(8-5-11)26-15-9-6-12(18(20)21)10-14(15)16(19)25(22,23)24/h4-10,16,19H,1-3H3,(H2,22,23,24). The van der Waals surface area contributed by atoms with Crippen molar-refractivity contribution in [1.29, 1.82) is 0 Å². The fourth-order valence-electron chi connectivity index (χ4n) is 2.28. The Labute approximate surface area is 155 Å². The lowest BCUT2D eigenvalue weighted by molar-refractivity contribution is -0.385. The summed E-state index contributed by atoms with van der Waals surface area (Å²) in [5.74, 6) is -2.13. The zero-order chi connectivity index (χ0) is 19.7. The second-order valence-electron chi connectivity index (χ2n) is 6.82. The Bertz CT molecular complexity index is 857. The molecule has 7 nitrogen and oxygen atoms in total. The molecule has 2 rings (SSSR count). The minimum Gasteiger partial charge on any atom is -0.376 e. The van der Waals surface area contributed by atoms with Crippen molar-refractivity contribution < 1.29 is 24.4 Å². The average molecular weight is 397 g/mol. The summed E-state index contributed by atoms with van der Waals surface area (Å²) in [6, 6.07) is 11.2. The largest absolute Gasteiger partial charge is 0.376 e. The predicted octanol–water partition coefficient (Wildman–Crippen LogP) is 4.21. The number of aliphatic hydroxyl groups excluding tert-OH is 1. The Morgan fingerprint density at radius 2 is 1.69 bits per heavy atom. The third kappa shape index (κ3) is 4.93. The lowest BCUT2D eigenvalue weighted by Gasteiger charge is -2.19. The smallest absolute Gasteiger partial charge is 0.358 e. The van der Waals surface area contributed by atoms with Gasteiger partial charge in [0, 0.05) is 27.5 Å². The predicted molar refractivity (Wildman–Crippen MR) is 99.4 cm³/mol. The van der Waals surface area contributed by atoms with Crippen molar-refractivity contribution in [1.82, 2.24) is 0 Å². The van der Waals surface area contributed by atoms with Crippen molar-refractivity contribution in [3.8, 4) is 0 Å². The molecule has 0 heterocycles. The maximum absolute atomic E-state index is 11.4. The molecule has 0 aliphatic rings. The van der Waals surface area contributed by atoms with Gasteiger partial charge < -0.3 is 14.9 Å². The Balaban J connectivity index is 2.42. The monoisotopic (exact) mass is 397 g/mol. The van der Waals surface area contributed by atoms with E-state index in [1.807, 2.05) is 24.3 Å². The van der Waals surface area contributed by atoms with Crippen LogP contribution in [-0.2, 0) is 9.98 Å². The normalized spacial score (nSPS) is 13.5. The first-order valence-electron chi connectivity index (χ1n) is 7.69. The second-order valence-corrected chi connectivity index (χ2v) is 9.60. The van der Waals surface area contributed by atoms with Gasteiger partial charge in [-0.3, -0.25) is 14.7 Å². The average Bonchev–Trinajstić information content (AvgIpc) is 2.53. The van der Waals surface area contributed by atoms with Crippen LogP contribution < -0.4 is 0 Å². The maximum Gasteiger partial charge on any atom is 0.358 e. The van der Waals surface area contributed by atoms with Gasteiger partial charge in [-0.25, -0.2) is 0 Å². The van der Waals surface area contributed by atoms with Gasteiger partial charge in [-0.1, -0.05) is 44.7 Å². The van der Waals surface area contributed by atoms with Gasteiger partial charge in [0.15, 0.2) is 5.85 Å². The van der Waals surface area contributed by atoms with E-state index in [0.29, 0.717) is 4.90 Å². The molecular formula is C17H20NO6PS. The Kier molecular flexibility index (Phi) is 5.95. The number of aliphatic hydroxyl groups is 1. The first kappa shape index (κ1) is 20.6. The summed E-state index contributed by atoms with van der Waals surface area (Å²) in [7, 11) is -4.87. The molecular weight excluding hydrogens is 377 g/mol. The summed E-state index contributed by atoms with van der Waals surface area (Å²) >= 11 is 1.17. The minimum atomic E-state index is -4.87. The zero-order valence-electron chi connectivity index (χ0n) is 14.5. The number of hydrogen-bond donors (Lipinski definition) is 3. The fraction of sp³-hybridized carbons (Fsp3) is 0.294. The highest BCUT2D eigenvalue weighted by Gasteiger charge is 2.31. The van der Waals surface area contributed by atoms with Gasteiger partial charge in [0.25, 0.3) is 5.69 Å². The zero-order valence-corrected chi connectivity index (χ0v) is 16.2. The third-order valence-electron chi connectivity index (χ3n) is 3.75. The molecule has 0 spiro atoms. The molecule has 9 heteroatoms. The molecule has 1 unspecified atom stereocenters. The number of rotatable bonds is 5. The van der Waals surface area contributed by atoms with Gasteiger partial charge >= 0.3 is 7.60 Å². The summed E-state index contributed by atoms with van der Waals surface area (Å²) in [5, 5.41) is 20.9. The fourth-order valence-corrected chi connectivity index (χ4v) is 3.89. The number of nitro groups is 1. The van der Waals surface area contributed by atoms with E-state index in [1.165, 1.54) is 23.9 Å². The van der Waals surface area contributed by atoms with Crippen molar-refractivity contribution in [3.05, 3.63) is 63.7 Å². The van der Waals surface area contributed by atoms with E-state index in [9.17, 15) is 29.6 Å². The minimum absolute atomic E-state index is 0.0155. The van der Waals surface area contributed by atoms with E-state index in [-0.39, 0.29) is 16.7 Å². The Morgan fingerprint density at radius 1 is 1.12 bits per heavy atom. The number of hydrogen-bond acceptors (Lipinski definition) is 5. The van der Waals surface area contributed by atoms with Crippen LogP contribution in [0.1, 0.15) is 37.7 Å². The van der Waals surface area contributed by atoms with Crippen LogP contribution in [-0.4, -0.2) is 19.8 Å². The van der Waals surface area contributed by atoms with Crippen LogP contribution in [0.2, 0.25) is 0 Å². The molecule has 2 aromatic rings. The van der Waals surface area contributed by atoms with Crippen LogP contribution in [0, 0.1) is 10.1 Å². The van der Waals surface area contributed by atoms with Crippen LogP contribution in [0.3, 0.4) is 0 Å². The molecule has 3 N–H and O–H groups in total. The van der Waals surface area contributed by atoms with Gasteiger partial charge in [-0.05, 0) is 29.2 Å². The second kappa shape index (κ2) is 7.50. The van der Waals surface area contributed by atoms with E-state index in [4.69, 9.17) is 0 Å². The van der Waals surface area contributed by atoms with Gasteiger partial charge in [0.1, 0.15) is 0 Å². The summed E-state index contributed by atoms with van der Waals surface area (Å²) in [4.78, 5) is 29.9. The molecule has 0 aromatic heterocycles. The summed E-state index contributed by atoms with van der Waals surface area (Å²) < 4.78 is 11.4. The van der Waals surface area contributed by atoms with E-state index in [2.05, 4.69) is 20.8 Å². The van der Waals surface area contributed by atoms with Gasteiger partial charge in [-0.15, -0.1) is 0 Å². The van der Waals surface area contributed by atoms with E-state index < -0.39 is 18.4 Å². The number of nitrogens with zero attached hydrogens (tertiary/aromatic N) is 1. The quantitative estimate of drug-likeness (QED) is 0.392. The molecule has 1 atom stereocenters. The maximum atomic E-state index is 11.4. The van der Waals surface area contributed by atoms with Crippen molar-refractivity contribution in [2.45, 2.75) is 41.8 Å². The van der Waals surface area contributed by atoms with Gasteiger partial charge in [0.2, 0.25) is 0 Å². The summed E-state index contributed by atoms with van der Waals surface area (Å²) in [5.41, 5.74) is 0.594. The molecule has 2 aromatic carbocycles. The topological polar surface area (TPSA) is 121 Å². The number of benzene rings is 2. The van der Waals surface area contributed by atoms with E-state index in [0.717, 1.165) is 16.5 Å². The highest BCUT2D eigenvalue weighted by atomic mass is 32.2. The van der Waals surface area contributed by atoms with Crippen LogP contribution in [0.5, 0.6) is 0 Å². The molecule has 140 valence electrons. The van der Waals surface area contributed by atoms with E-state index >= 15 is 0 Å². The lowest BCUT2D eigenvalue weighted by Crippen LogP contribution is -2.10. The van der Waals surface area contributed by atoms with Crippen LogP contribution in [0.15, 0.2) is 52.3 Å². The highest BCUT2D eigenvalue weighted by molar-refractivity contribution is 7.99. The Hall–Kier alpha value is -1.70. The molecule has 0 amide bonds. The molecule has 0 saturated heterocycles. The van der Waals surface area contributed by atoms with Crippen molar-refractivity contribution >= 4 is 25.0 Å². The number of non-ortho nitro benzene ring substituents is 1. The molecule has 26 heavy (non-hydrogen) atoms. The highest BCUT2D eigenvalue weighted by Crippen LogP contribution is 2.52. The molecule has 0 fully saturated rings. The van der Waals surface area contributed by atoms with Crippen molar-refractivity contribution in [3.63, 3.8) is 0 Å². The molecule has 0 radical (unpaired) electrons. The van der Waals surface area contributed by atoms with Crippen molar-refractivity contribution in [2.75, 3.05) is 0 Å². The van der Waals surface area contributed by atoms with Crippen LogP contribution in [0.25, 0.3) is 0 Å². The molecule has 0 aliphatic carbocycles. The SMILES string of the molecule is CC(C)(C)c1ccc(Sc2ccc([N+](=O)[O-])cc2C(O)P(=O)(O)O)cc1. The lowest BCUT2D eigenvalue weighted by atomic mass is 9.87.